The summed E-state index contributed by atoms with van der Waals surface area (Å²) in [5.41, 5.74) is 7.23. The van der Waals surface area contributed by atoms with Gasteiger partial charge in [-0.2, -0.15) is 0 Å². The molecule has 1 saturated heterocycles. The molecule has 118 valence electrons. The lowest BCUT2D eigenvalue weighted by Gasteiger charge is -2.15. The van der Waals surface area contributed by atoms with Crippen LogP contribution in [0.15, 0.2) is 21.1 Å². The minimum absolute atomic E-state index is 0.204. The fourth-order valence-corrected chi connectivity index (χ4v) is 3.99. The van der Waals surface area contributed by atoms with Gasteiger partial charge in [0.15, 0.2) is 0 Å². The molecule has 0 saturated carbocycles. The first kappa shape index (κ1) is 17.3. The van der Waals surface area contributed by atoms with Gasteiger partial charge in [-0.1, -0.05) is 6.92 Å². The molecule has 1 aliphatic heterocycles. The minimum Gasteiger partial charge on any atom is -0.491 e. The van der Waals surface area contributed by atoms with Gasteiger partial charge in [-0.25, -0.2) is 0 Å². The second-order valence-electron chi connectivity index (χ2n) is 5.53. The van der Waals surface area contributed by atoms with Crippen LogP contribution in [0.2, 0.25) is 0 Å². The number of hydrogen-bond donors (Lipinski definition) is 1. The van der Waals surface area contributed by atoms with Gasteiger partial charge in [-0.15, -0.1) is 0 Å². The first-order chi connectivity index (χ1) is 10.1. The fraction of sp³-hybridized carbons (Fsp3) is 0.625. The average molecular weight is 421 g/mol. The molecule has 0 amide bonds. The van der Waals surface area contributed by atoms with Gasteiger partial charge in [0.1, 0.15) is 5.75 Å². The molecule has 1 aliphatic rings. The highest BCUT2D eigenvalue weighted by molar-refractivity contribution is 9.11. The Morgan fingerprint density at radius 3 is 2.67 bits per heavy atom. The Morgan fingerprint density at radius 2 is 2.10 bits per heavy atom. The van der Waals surface area contributed by atoms with Gasteiger partial charge in [0, 0.05) is 19.1 Å². The van der Waals surface area contributed by atoms with Crippen LogP contribution in [0.5, 0.6) is 5.75 Å². The van der Waals surface area contributed by atoms with E-state index in [9.17, 15) is 0 Å². The van der Waals surface area contributed by atoms with E-state index in [1.165, 1.54) is 12.0 Å². The summed E-state index contributed by atoms with van der Waals surface area (Å²) in [6.07, 6.45) is 5.49. The molecular weight excluding hydrogens is 398 g/mol. The highest BCUT2D eigenvalue weighted by Gasteiger charge is 2.16. The van der Waals surface area contributed by atoms with E-state index < -0.39 is 0 Å². The van der Waals surface area contributed by atoms with E-state index in [2.05, 4.69) is 50.9 Å². The second kappa shape index (κ2) is 8.51. The fourth-order valence-electron chi connectivity index (χ4n) is 2.48. The van der Waals surface area contributed by atoms with E-state index in [-0.39, 0.29) is 6.04 Å². The summed E-state index contributed by atoms with van der Waals surface area (Å²) in [5, 5.41) is 0. The first-order valence-corrected chi connectivity index (χ1v) is 9.16. The maximum Gasteiger partial charge on any atom is 0.147 e. The zero-order chi connectivity index (χ0) is 15.2. The molecule has 1 aromatic rings. The Kier molecular flexibility index (Phi) is 6.99. The molecule has 0 aliphatic carbocycles. The van der Waals surface area contributed by atoms with E-state index in [4.69, 9.17) is 15.2 Å². The number of ether oxygens (including phenoxy) is 2. The average Bonchev–Trinajstić information content (AvgIpc) is 2.95. The number of rotatable bonds is 7. The molecule has 2 rings (SSSR count). The van der Waals surface area contributed by atoms with Crippen molar-refractivity contribution in [2.24, 2.45) is 5.73 Å². The van der Waals surface area contributed by atoms with Crippen molar-refractivity contribution >= 4 is 31.9 Å². The highest BCUT2D eigenvalue weighted by atomic mass is 79.9. The molecule has 21 heavy (non-hydrogen) atoms. The largest absolute Gasteiger partial charge is 0.491 e. The maximum atomic E-state index is 6.02. The topological polar surface area (TPSA) is 44.5 Å². The van der Waals surface area contributed by atoms with Crippen molar-refractivity contribution in [1.29, 1.82) is 0 Å². The van der Waals surface area contributed by atoms with Gasteiger partial charge in [0.25, 0.3) is 0 Å². The second-order valence-corrected chi connectivity index (χ2v) is 7.24. The van der Waals surface area contributed by atoms with Gasteiger partial charge in [-0.05, 0) is 75.2 Å². The maximum absolute atomic E-state index is 6.02. The lowest BCUT2D eigenvalue weighted by molar-refractivity contribution is 0.0901. The Balaban J connectivity index is 1.92. The lowest BCUT2D eigenvalue weighted by Crippen LogP contribution is -2.21. The summed E-state index contributed by atoms with van der Waals surface area (Å²) >= 11 is 7.19. The summed E-state index contributed by atoms with van der Waals surface area (Å²) in [6.45, 7) is 3.68. The van der Waals surface area contributed by atoms with Crippen LogP contribution in [-0.2, 0) is 11.2 Å². The summed E-state index contributed by atoms with van der Waals surface area (Å²) in [7, 11) is 0. The molecule has 0 bridgehead atoms. The van der Waals surface area contributed by atoms with E-state index in [1.807, 2.05) is 0 Å². The van der Waals surface area contributed by atoms with Crippen molar-refractivity contribution in [3.8, 4) is 5.75 Å². The highest BCUT2D eigenvalue weighted by Crippen LogP contribution is 2.35. The zero-order valence-electron chi connectivity index (χ0n) is 12.4. The Morgan fingerprint density at radius 1 is 1.38 bits per heavy atom. The third kappa shape index (κ3) is 5.23. The Bertz CT molecular complexity index is 439. The van der Waals surface area contributed by atoms with Crippen molar-refractivity contribution in [3.63, 3.8) is 0 Å². The van der Waals surface area contributed by atoms with E-state index in [0.717, 1.165) is 47.0 Å². The monoisotopic (exact) mass is 419 g/mol. The molecule has 5 heteroatoms. The van der Waals surface area contributed by atoms with Crippen LogP contribution >= 0.6 is 31.9 Å². The van der Waals surface area contributed by atoms with E-state index >= 15 is 0 Å². The summed E-state index contributed by atoms with van der Waals surface area (Å²) in [4.78, 5) is 0. The van der Waals surface area contributed by atoms with Crippen molar-refractivity contribution < 1.29 is 9.47 Å². The van der Waals surface area contributed by atoms with Gasteiger partial charge >= 0.3 is 0 Å². The first-order valence-electron chi connectivity index (χ1n) is 7.58. The van der Waals surface area contributed by atoms with Crippen molar-refractivity contribution in [1.82, 2.24) is 0 Å². The summed E-state index contributed by atoms with van der Waals surface area (Å²) in [6, 6.07) is 4.40. The predicted octanol–water partition coefficient (Wildman–Crippen LogP) is 4.44. The smallest absolute Gasteiger partial charge is 0.147 e. The van der Waals surface area contributed by atoms with E-state index in [0.29, 0.717) is 12.7 Å². The lowest BCUT2D eigenvalue weighted by atomic mass is 10.0. The molecule has 2 unspecified atom stereocenters. The van der Waals surface area contributed by atoms with Crippen LogP contribution in [0.3, 0.4) is 0 Å². The number of benzene rings is 1. The SMILES string of the molecule is CCC(N)Cc1cc(Br)c(OCCC2CCCO2)c(Br)c1. The molecule has 0 spiro atoms. The van der Waals surface area contributed by atoms with E-state index in [1.54, 1.807) is 0 Å². The number of hydrogen-bond acceptors (Lipinski definition) is 3. The van der Waals surface area contributed by atoms with Gasteiger partial charge in [0.2, 0.25) is 0 Å². The van der Waals surface area contributed by atoms with Crippen LogP contribution in [0, 0.1) is 0 Å². The molecule has 3 nitrogen and oxygen atoms in total. The molecule has 2 atom stereocenters. The van der Waals surface area contributed by atoms with Crippen LogP contribution in [0.25, 0.3) is 0 Å². The zero-order valence-corrected chi connectivity index (χ0v) is 15.6. The number of halogens is 2. The van der Waals surface area contributed by atoms with Gasteiger partial charge < -0.3 is 15.2 Å². The molecule has 1 aromatic carbocycles. The van der Waals surface area contributed by atoms with Crippen molar-refractivity contribution in [2.75, 3.05) is 13.2 Å². The van der Waals surface area contributed by atoms with Crippen molar-refractivity contribution in [3.05, 3.63) is 26.6 Å². The standard InChI is InChI=1S/C16H23Br2NO2/c1-2-12(19)8-11-9-14(17)16(15(18)10-11)21-7-5-13-4-3-6-20-13/h9-10,12-13H,2-8,19H2,1H3. The molecule has 2 N–H and O–H groups in total. The number of nitrogens with two attached hydrogens (primary N) is 1. The quantitative estimate of drug-likeness (QED) is 0.708. The predicted molar refractivity (Wildman–Crippen MR) is 92.9 cm³/mol. The molecule has 0 aromatic heterocycles. The van der Waals surface area contributed by atoms with Crippen LogP contribution in [0.1, 0.15) is 38.2 Å². The van der Waals surface area contributed by atoms with Crippen LogP contribution in [-0.4, -0.2) is 25.4 Å². The van der Waals surface area contributed by atoms with Crippen LogP contribution < -0.4 is 10.5 Å². The third-order valence-electron chi connectivity index (χ3n) is 3.79. The molecule has 1 fully saturated rings. The van der Waals surface area contributed by atoms with Gasteiger partial charge in [-0.3, -0.25) is 0 Å². The van der Waals surface area contributed by atoms with Crippen LogP contribution in [0.4, 0.5) is 0 Å². The Hall–Kier alpha value is -0.100. The molecule has 1 heterocycles. The third-order valence-corrected chi connectivity index (χ3v) is 4.97. The summed E-state index contributed by atoms with van der Waals surface area (Å²) in [5.74, 6) is 0.863. The van der Waals surface area contributed by atoms with Crippen molar-refractivity contribution in [2.45, 2.75) is 51.2 Å². The van der Waals surface area contributed by atoms with Gasteiger partial charge in [0.05, 0.1) is 21.7 Å². The minimum atomic E-state index is 0.204. The summed E-state index contributed by atoms with van der Waals surface area (Å²) < 4.78 is 13.5. The Labute approximate surface area is 143 Å². The normalized spacial score (nSPS) is 19.7. The molecule has 0 radical (unpaired) electrons. The molecular formula is C16H23Br2NO2.